The summed E-state index contributed by atoms with van der Waals surface area (Å²) in [4.78, 5) is 11.1. The van der Waals surface area contributed by atoms with Crippen LogP contribution in [0.3, 0.4) is 0 Å². The van der Waals surface area contributed by atoms with E-state index in [9.17, 15) is 4.79 Å². The van der Waals surface area contributed by atoms with Gasteiger partial charge in [-0.15, -0.1) is 0 Å². The van der Waals surface area contributed by atoms with E-state index in [0.717, 1.165) is 10.0 Å². The number of ether oxygens (including phenoxy) is 1. The van der Waals surface area contributed by atoms with Crippen LogP contribution in [-0.2, 0) is 11.3 Å². The number of carboxylic acids is 1. The summed E-state index contributed by atoms with van der Waals surface area (Å²) in [5.41, 5.74) is 0.987. The molecular formula is C14H18BrNO3. The summed E-state index contributed by atoms with van der Waals surface area (Å²) in [5, 5.41) is 12.5. The molecule has 0 saturated heterocycles. The third-order valence-corrected chi connectivity index (χ3v) is 3.74. The molecule has 1 aliphatic carbocycles. The Morgan fingerprint density at radius 2 is 2.32 bits per heavy atom. The number of hydrogen-bond donors (Lipinski definition) is 2. The molecule has 19 heavy (non-hydrogen) atoms. The number of para-hydroxylation sites is 1. The van der Waals surface area contributed by atoms with Crippen molar-refractivity contribution >= 4 is 21.9 Å². The Morgan fingerprint density at radius 1 is 1.58 bits per heavy atom. The molecule has 0 bridgehead atoms. The van der Waals surface area contributed by atoms with E-state index < -0.39 is 12.1 Å². The summed E-state index contributed by atoms with van der Waals surface area (Å²) in [6, 6.07) is 6.37. The van der Waals surface area contributed by atoms with Crippen molar-refractivity contribution in [3.05, 3.63) is 28.2 Å². The zero-order chi connectivity index (χ0) is 13.8. The molecule has 0 spiro atoms. The summed E-state index contributed by atoms with van der Waals surface area (Å²) >= 11 is 3.43. The van der Waals surface area contributed by atoms with E-state index in [-0.39, 0.29) is 0 Å². The minimum Gasteiger partial charge on any atom is -0.479 e. The van der Waals surface area contributed by atoms with Crippen LogP contribution >= 0.6 is 15.9 Å². The molecule has 5 heteroatoms. The topological polar surface area (TPSA) is 58.6 Å². The zero-order valence-corrected chi connectivity index (χ0v) is 12.4. The molecule has 0 radical (unpaired) electrons. The lowest BCUT2D eigenvalue weighted by Crippen LogP contribution is -2.27. The number of nitrogens with one attached hydrogen (secondary N) is 1. The molecule has 104 valence electrons. The molecule has 1 unspecified atom stereocenters. The van der Waals surface area contributed by atoms with Gasteiger partial charge in [0, 0.05) is 18.2 Å². The van der Waals surface area contributed by atoms with Crippen LogP contribution in [-0.4, -0.2) is 23.2 Å². The molecule has 1 fully saturated rings. The number of carboxylic acid groups (broad SMARTS) is 1. The first kappa shape index (κ1) is 14.3. The fourth-order valence-corrected chi connectivity index (χ4v) is 2.32. The number of halogens is 1. The Hall–Kier alpha value is -1.07. The second-order valence-electron chi connectivity index (χ2n) is 4.74. The SMILES string of the molecule is CCC(Oc1c(Br)cccc1CNC1CC1)C(=O)O. The van der Waals surface area contributed by atoms with Crippen LogP contribution in [0, 0.1) is 0 Å². The summed E-state index contributed by atoms with van der Waals surface area (Å²) in [6.07, 6.45) is 2.07. The van der Waals surface area contributed by atoms with Crippen LogP contribution in [0.2, 0.25) is 0 Å². The van der Waals surface area contributed by atoms with Crippen LogP contribution < -0.4 is 10.1 Å². The molecule has 0 aliphatic heterocycles. The lowest BCUT2D eigenvalue weighted by atomic mass is 10.2. The van der Waals surface area contributed by atoms with Crippen molar-refractivity contribution in [2.45, 2.75) is 44.9 Å². The summed E-state index contributed by atoms with van der Waals surface area (Å²) in [6.45, 7) is 2.51. The molecule has 2 N–H and O–H groups in total. The number of benzene rings is 1. The molecule has 1 aromatic rings. The molecule has 1 aliphatic rings. The fraction of sp³-hybridized carbons (Fsp3) is 0.500. The first-order chi connectivity index (χ1) is 9.11. The van der Waals surface area contributed by atoms with Crippen molar-refractivity contribution in [3.8, 4) is 5.75 Å². The molecule has 2 rings (SSSR count). The maximum atomic E-state index is 11.1. The highest BCUT2D eigenvalue weighted by Crippen LogP contribution is 2.31. The van der Waals surface area contributed by atoms with Gasteiger partial charge in [-0.2, -0.15) is 0 Å². The molecule has 0 aromatic heterocycles. The van der Waals surface area contributed by atoms with Crippen LogP contribution in [0.25, 0.3) is 0 Å². The van der Waals surface area contributed by atoms with Crippen molar-refractivity contribution in [2.24, 2.45) is 0 Å². The third kappa shape index (κ3) is 3.94. The van der Waals surface area contributed by atoms with Gasteiger partial charge in [0.25, 0.3) is 0 Å². The van der Waals surface area contributed by atoms with Gasteiger partial charge < -0.3 is 15.2 Å². The largest absolute Gasteiger partial charge is 0.479 e. The minimum atomic E-state index is -0.931. The van der Waals surface area contributed by atoms with Crippen LogP contribution in [0.5, 0.6) is 5.75 Å². The van der Waals surface area contributed by atoms with Crippen molar-refractivity contribution in [1.29, 1.82) is 0 Å². The molecule has 0 amide bonds. The van der Waals surface area contributed by atoms with Crippen molar-refractivity contribution in [1.82, 2.24) is 5.32 Å². The maximum absolute atomic E-state index is 11.1. The Labute approximate surface area is 121 Å². The van der Waals surface area contributed by atoms with Gasteiger partial charge in [0.15, 0.2) is 6.10 Å². The zero-order valence-electron chi connectivity index (χ0n) is 10.9. The van der Waals surface area contributed by atoms with Crippen LogP contribution in [0.4, 0.5) is 0 Å². The second-order valence-corrected chi connectivity index (χ2v) is 5.59. The standard InChI is InChI=1S/C14H18BrNO3/c1-2-12(14(17)18)19-13-9(4-3-5-11(13)15)8-16-10-6-7-10/h3-5,10,12,16H,2,6-8H2,1H3,(H,17,18). The number of carbonyl (C=O) groups is 1. The quantitative estimate of drug-likeness (QED) is 0.808. The fourth-order valence-electron chi connectivity index (χ4n) is 1.82. The average molecular weight is 328 g/mol. The second kappa shape index (κ2) is 6.39. The highest BCUT2D eigenvalue weighted by atomic mass is 79.9. The molecule has 4 nitrogen and oxygen atoms in total. The van der Waals surface area contributed by atoms with Crippen molar-refractivity contribution < 1.29 is 14.6 Å². The highest BCUT2D eigenvalue weighted by molar-refractivity contribution is 9.10. The summed E-state index contributed by atoms with van der Waals surface area (Å²) in [7, 11) is 0. The van der Waals surface area contributed by atoms with Gasteiger partial charge in [-0.1, -0.05) is 19.1 Å². The molecule has 0 heterocycles. The highest BCUT2D eigenvalue weighted by Gasteiger charge is 2.23. The molecular weight excluding hydrogens is 310 g/mol. The number of rotatable bonds is 7. The van der Waals surface area contributed by atoms with Gasteiger partial charge in [-0.25, -0.2) is 4.79 Å². The summed E-state index contributed by atoms with van der Waals surface area (Å²) in [5.74, 6) is -0.302. The van der Waals surface area contributed by atoms with E-state index in [1.54, 1.807) is 6.92 Å². The Kier molecular flexibility index (Phi) is 4.82. The lowest BCUT2D eigenvalue weighted by Gasteiger charge is -2.18. The Morgan fingerprint density at radius 3 is 2.89 bits per heavy atom. The predicted octanol–water partition coefficient (Wildman–Crippen LogP) is 2.94. The first-order valence-electron chi connectivity index (χ1n) is 6.52. The average Bonchev–Trinajstić information content (AvgIpc) is 3.19. The Bertz CT molecular complexity index is 460. The predicted molar refractivity (Wildman–Crippen MR) is 76.3 cm³/mol. The number of hydrogen-bond acceptors (Lipinski definition) is 3. The van der Waals surface area contributed by atoms with Gasteiger partial charge >= 0.3 is 5.97 Å². The van der Waals surface area contributed by atoms with Gasteiger partial charge in [0.1, 0.15) is 5.75 Å². The van der Waals surface area contributed by atoms with E-state index in [4.69, 9.17) is 9.84 Å². The van der Waals surface area contributed by atoms with Crippen molar-refractivity contribution in [2.75, 3.05) is 0 Å². The number of aliphatic carboxylic acids is 1. The summed E-state index contributed by atoms with van der Waals surface area (Å²) < 4.78 is 6.45. The minimum absolute atomic E-state index is 0.437. The molecule has 1 aromatic carbocycles. The van der Waals surface area contributed by atoms with E-state index in [1.807, 2.05) is 18.2 Å². The maximum Gasteiger partial charge on any atom is 0.344 e. The Balaban J connectivity index is 2.13. The van der Waals surface area contributed by atoms with E-state index in [1.165, 1.54) is 12.8 Å². The van der Waals surface area contributed by atoms with Gasteiger partial charge in [-0.05, 0) is 41.3 Å². The van der Waals surface area contributed by atoms with Gasteiger partial charge in [0.2, 0.25) is 0 Å². The van der Waals surface area contributed by atoms with Gasteiger partial charge in [-0.3, -0.25) is 0 Å². The lowest BCUT2D eigenvalue weighted by molar-refractivity contribution is -0.145. The van der Waals surface area contributed by atoms with E-state index in [2.05, 4.69) is 21.2 Å². The van der Waals surface area contributed by atoms with E-state index in [0.29, 0.717) is 24.8 Å². The van der Waals surface area contributed by atoms with Crippen molar-refractivity contribution in [3.63, 3.8) is 0 Å². The monoisotopic (exact) mass is 327 g/mol. The molecule has 1 saturated carbocycles. The van der Waals surface area contributed by atoms with Crippen LogP contribution in [0.1, 0.15) is 31.7 Å². The van der Waals surface area contributed by atoms with Crippen LogP contribution in [0.15, 0.2) is 22.7 Å². The van der Waals surface area contributed by atoms with Gasteiger partial charge in [0.05, 0.1) is 4.47 Å². The third-order valence-electron chi connectivity index (χ3n) is 3.11. The first-order valence-corrected chi connectivity index (χ1v) is 7.31. The normalized spacial score (nSPS) is 16.1. The smallest absolute Gasteiger partial charge is 0.344 e. The van der Waals surface area contributed by atoms with E-state index >= 15 is 0 Å². The molecule has 1 atom stereocenters.